The highest BCUT2D eigenvalue weighted by atomic mass is 35.5. The summed E-state index contributed by atoms with van der Waals surface area (Å²) in [6.45, 7) is 2.02. The molecule has 0 saturated carbocycles. The number of amides is 1. The largest absolute Gasteiger partial charge is 0.325 e. The molecule has 0 saturated heterocycles. The molecule has 8 heteroatoms. The second-order valence-electron chi connectivity index (χ2n) is 5.88. The zero-order valence-electron chi connectivity index (χ0n) is 14.7. The molecule has 0 radical (unpaired) electrons. The van der Waals surface area contributed by atoms with Crippen molar-refractivity contribution in [3.05, 3.63) is 58.6 Å². The molecule has 1 aromatic heterocycles. The maximum Gasteiger partial charge on any atom is 0.234 e. The molecule has 2 aromatic carbocycles. The van der Waals surface area contributed by atoms with Crippen LogP contribution in [0.3, 0.4) is 0 Å². The van der Waals surface area contributed by atoms with Crippen LogP contribution < -0.4 is 5.32 Å². The van der Waals surface area contributed by atoms with Gasteiger partial charge >= 0.3 is 0 Å². The molecule has 0 bridgehead atoms. The van der Waals surface area contributed by atoms with Crippen LogP contribution >= 0.6 is 23.4 Å². The van der Waals surface area contributed by atoms with Crippen molar-refractivity contribution in [3.63, 3.8) is 0 Å². The van der Waals surface area contributed by atoms with Gasteiger partial charge in [-0.2, -0.15) is 5.26 Å². The SMILES string of the molecule is Cc1cccc(-c2nnc(SCC(=O)Nc3ccc(C#N)c(Cl)c3)n2C)c1. The molecule has 1 heterocycles. The first-order valence-corrected chi connectivity index (χ1v) is 9.43. The summed E-state index contributed by atoms with van der Waals surface area (Å²) in [7, 11) is 1.87. The quantitative estimate of drug-likeness (QED) is 0.656. The van der Waals surface area contributed by atoms with Gasteiger partial charge in [0.25, 0.3) is 0 Å². The summed E-state index contributed by atoms with van der Waals surface area (Å²) < 4.78 is 1.87. The summed E-state index contributed by atoms with van der Waals surface area (Å²) in [5.74, 6) is 0.735. The van der Waals surface area contributed by atoms with Crippen LogP contribution in [0.5, 0.6) is 0 Å². The van der Waals surface area contributed by atoms with Gasteiger partial charge in [-0.3, -0.25) is 4.79 Å². The van der Waals surface area contributed by atoms with Gasteiger partial charge < -0.3 is 9.88 Å². The minimum absolute atomic E-state index is 0.178. The number of halogens is 1. The normalized spacial score (nSPS) is 10.4. The fraction of sp³-hybridized carbons (Fsp3) is 0.158. The van der Waals surface area contributed by atoms with Crippen LogP contribution in [0.25, 0.3) is 11.4 Å². The molecule has 6 nitrogen and oxygen atoms in total. The van der Waals surface area contributed by atoms with Gasteiger partial charge in [0, 0.05) is 18.3 Å². The van der Waals surface area contributed by atoms with E-state index in [2.05, 4.69) is 15.5 Å². The van der Waals surface area contributed by atoms with Gasteiger partial charge in [0.1, 0.15) is 6.07 Å². The maximum absolute atomic E-state index is 12.2. The Bertz CT molecular complexity index is 1040. The molecule has 0 unspecified atom stereocenters. The van der Waals surface area contributed by atoms with Crippen LogP contribution in [-0.4, -0.2) is 26.4 Å². The van der Waals surface area contributed by atoms with Crippen LogP contribution in [0.4, 0.5) is 5.69 Å². The average molecular weight is 398 g/mol. The van der Waals surface area contributed by atoms with Crippen molar-refractivity contribution in [2.75, 3.05) is 11.1 Å². The van der Waals surface area contributed by atoms with Gasteiger partial charge in [-0.15, -0.1) is 10.2 Å². The summed E-state index contributed by atoms with van der Waals surface area (Å²) >= 11 is 7.28. The highest BCUT2D eigenvalue weighted by Gasteiger charge is 2.13. The van der Waals surface area contributed by atoms with Crippen molar-refractivity contribution in [2.45, 2.75) is 12.1 Å². The highest BCUT2D eigenvalue weighted by molar-refractivity contribution is 7.99. The van der Waals surface area contributed by atoms with Crippen LogP contribution in [0.1, 0.15) is 11.1 Å². The first-order valence-electron chi connectivity index (χ1n) is 8.06. The Hall–Kier alpha value is -2.82. The number of rotatable bonds is 5. The lowest BCUT2D eigenvalue weighted by molar-refractivity contribution is -0.113. The number of aromatic nitrogens is 3. The van der Waals surface area contributed by atoms with E-state index in [9.17, 15) is 4.79 Å². The topological polar surface area (TPSA) is 83.6 Å². The van der Waals surface area contributed by atoms with Gasteiger partial charge in [-0.25, -0.2) is 0 Å². The Balaban J connectivity index is 1.64. The molecule has 0 aliphatic heterocycles. The minimum Gasteiger partial charge on any atom is -0.325 e. The number of carbonyl (C=O) groups is 1. The van der Waals surface area contributed by atoms with Gasteiger partial charge in [-0.1, -0.05) is 47.1 Å². The molecule has 1 amide bonds. The molecule has 0 aliphatic carbocycles. The van der Waals surface area contributed by atoms with E-state index in [0.717, 1.165) is 17.0 Å². The van der Waals surface area contributed by atoms with E-state index in [1.54, 1.807) is 18.2 Å². The summed E-state index contributed by atoms with van der Waals surface area (Å²) in [5, 5.41) is 21.0. The van der Waals surface area contributed by atoms with Crippen molar-refractivity contribution >= 4 is 35.0 Å². The number of hydrogen-bond donors (Lipinski definition) is 1. The van der Waals surface area contributed by atoms with Crippen molar-refractivity contribution < 1.29 is 4.79 Å². The standard InChI is InChI=1S/C19H16ClN5OS/c1-12-4-3-5-13(8-12)18-23-24-19(25(18)2)27-11-17(26)22-15-7-6-14(10-21)16(20)9-15/h3-9H,11H2,1-2H3,(H,22,26). The second-order valence-corrected chi connectivity index (χ2v) is 7.23. The fourth-order valence-electron chi connectivity index (χ4n) is 2.49. The fourth-order valence-corrected chi connectivity index (χ4v) is 3.42. The van der Waals surface area contributed by atoms with Gasteiger partial charge in [0.2, 0.25) is 5.91 Å². The smallest absolute Gasteiger partial charge is 0.234 e. The lowest BCUT2D eigenvalue weighted by Crippen LogP contribution is -2.14. The summed E-state index contributed by atoms with van der Waals surface area (Å²) in [6, 6.07) is 14.8. The van der Waals surface area contributed by atoms with E-state index in [4.69, 9.17) is 16.9 Å². The maximum atomic E-state index is 12.2. The van der Waals surface area contributed by atoms with Crippen molar-refractivity contribution in [2.24, 2.45) is 7.05 Å². The third-order valence-corrected chi connectivity index (χ3v) is 5.15. The molecule has 136 valence electrons. The number of nitrogens with one attached hydrogen (secondary N) is 1. The van der Waals surface area contributed by atoms with E-state index >= 15 is 0 Å². The molecule has 0 atom stereocenters. The number of hydrogen-bond acceptors (Lipinski definition) is 5. The average Bonchev–Trinajstić information content (AvgIpc) is 3.01. The molecule has 3 rings (SSSR count). The number of nitriles is 1. The molecule has 0 fully saturated rings. The second kappa shape index (κ2) is 8.25. The van der Waals surface area contributed by atoms with Crippen molar-refractivity contribution in [1.29, 1.82) is 5.26 Å². The summed E-state index contributed by atoms with van der Waals surface area (Å²) in [4.78, 5) is 12.2. The van der Waals surface area contributed by atoms with Crippen LogP contribution in [0.2, 0.25) is 5.02 Å². The monoisotopic (exact) mass is 397 g/mol. The lowest BCUT2D eigenvalue weighted by Gasteiger charge is -2.07. The van der Waals surface area contributed by atoms with Crippen LogP contribution in [0, 0.1) is 18.3 Å². The molecule has 0 spiro atoms. The van der Waals surface area contributed by atoms with Crippen molar-refractivity contribution in [3.8, 4) is 17.5 Å². The molecule has 0 aliphatic rings. The van der Waals surface area contributed by atoms with Gasteiger partial charge in [-0.05, 0) is 31.2 Å². The van der Waals surface area contributed by atoms with E-state index in [1.165, 1.54) is 11.8 Å². The first-order chi connectivity index (χ1) is 13.0. The minimum atomic E-state index is -0.194. The lowest BCUT2D eigenvalue weighted by atomic mass is 10.1. The molecule has 3 aromatic rings. The van der Waals surface area contributed by atoms with E-state index in [1.807, 2.05) is 48.9 Å². The number of benzene rings is 2. The van der Waals surface area contributed by atoms with Gasteiger partial charge in [0.15, 0.2) is 11.0 Å². The van der Waals surface area contributed by atoms with Crippen molar-refractivity contribution in [1.82, 2.24) is 14.8 Å². The Labute approximate surface area is 166 Å². The Morgan fingerprint density at radius 2 is 2.11 bits per heavy atom. The van der Waals surface area contributed by atoms with Crippen LogP contribution in [0.15, 0.2) is 47.6 Å². The Morgan fingerprint density at radius 1 is 1.30 bits per heavy atom. The van der Waals surface area contributed by atoms with E-state index in [-0.39, 0.29) is 11.7 Å². The number of anilines is 1. The third kappa shape index (κ3) is 4.48. The van der Waals surface area contributed by atoms with Gasteiger partial charge in [0.05, 0.1) is 16.3 Å². The molecule has 27 heavy (non-hydrogen) atoms. The van der Waals surface area contributed by atoms with E-state index in [0.29, 0.717) is 21.4 Å². The Morgan fingerprint density at radius 3 is 2.81 bits per heavy atom. The number of nitrogens with zero attached hydrogens (tertiary/aromatic N) is 4. The van der Waals surface area contributed by atoms with E-state index < -0.39 is 0 Å². The number of carbonyl (C=O) groups excluding carboxylic acids is 1. The zero-order chi connectivity index (χ0) is 19.4. The number of aryl methyl sites for hydroxylation is 1. The first kappa shape index (κ1) is 19.0. The predicted molar refractivity (Wildman–Crippen MR) is 107 cm³/mol. The number of thioether (sulfide) groups is 1. The summed E-state index contributed by atoms with van der Waals surface area (Å²) in [6.07, 6.45) is 0. The summed E-state index contributed by atoms with van der Waals surface area (Å²) in [5.41, 5.74) is 3.04. The highest BCUT2D eigenvalue weighted by Crippen LogP contribution is 2.24. The molecule has 1 N–H and O–H groups in total. The predicted octanol–water partition coefficient (Wildman–Crippen LogP) is 4.05. The molecular formula is C19H16ClN5OS. The zero-order valence-corrected chi connectivity index (χ0v) is 16.3. The third-order valence-electron chi connectivity index (χ3n) is 3.82. The Kier molecular flexibility index (Phi) is 5.79. The van der Waals surface area contributed by atoms with Crippen LogP contribution in [-0.2, 0) is 11.8 Å². The molecular weight excluding hydrogens is 382 g/mol.